The molecule has 3 rings (SSSR count). The van der Waals surface area contributed by atoms with Crippen LogP contribution in [-0.4, -0.2) is 43.4 Å². The van der Waals surface area contributed by atoms with Crippen molar-refractivity contribution in [3.05, 3.63) is 63.6 Å². The summed E-state index contributed by atoms with van der Waals surface area (Å²) in [5.74, 6) is 0.358. The van der Waals surface area contributed by atoms with E-state index >= 15 is 0 Å². The summed E-state index contributed by atoms with van der Waals surface area (Å²) in [7, 11) is -3.12. The zero-order chi connectivity index (χ0) is 20.3. The van der Waals surface area contributed by atoms with Crippen molar-refractivity contribution in [1.29, 1.82) is 0 Å². The number of hydrogen-bond donors (Lipinski definition) is 0. The lowest BCUT2D eigenvalue weighted by Crippen LogP contribution is -2.43. The van der Waals surface area contributed by atoms with Gasteiger partial charge in [0.05, 0.1) is 11.5 Å². The Bertz CT molecular complexity index is 961. The lowest BCUT2D eigenvalue weighted by Gasteiger charge is -2.28. The van der Waals surface area contributed by atoms with Crippen molar-refractivity contribution in [1.82, 2.24) is 4.90 Å². The SMILES string of the molecule is Cc1cc(OCC(=O)N(Cc2ccc(Cl)cc2)[C@H]2CCS(=O)(=O)C2)ccc1Cl. The number of hydrogen-bond acceptors (Lipinski definition) is 4. The van der Waals surface area contributed by atoms with Gasteiger partial charge < -0.3 is 9.64 Å². The Morgan fingerprint density at radius 1 is 1.18 bits per heavy atom. The number of sulfone groups is 1. The first-order chi connectivity index (χ1) is 13.2. The van der Waals surface area contributed by atoms with E-state index in [0.29, 0.717) is 28.8 Å². The summed E-state index contributed by atoms with van der Waals surface area (Å²) in [4.78, 5) is 14.5. The number of carbonyl (C=O) groups is 1. The third-order valence-electron chi connectivity index (χ3n) is 4.73. The first-order valence-electron chi connectivity index (χ1n) is 8.87. The van der Waals surface area contributed by atoms with Crippen LogP contribution in [0.2, 0.25) is 10.0 Å². The van der Waals surface area contributed by atoms with E-state index in [1.807, 2.05) is 19.1 Å². The highest BCUT2D eigenvalue weighted by atomic mass is 35.5. The van der Waals surface area contributed by atoms with Crippen molar-refractivity contribution in [2.24, 2.45) is 0 Å². The van der Waals surface area contributed by atoms with Crippen molar-refractivity contribution in [3.63, 3.8) is 0 Å². The highest BCUT2D eigenvalue weighted by Crippen LogP contribution is 2.23. The van der Waals surface area contributed by atoms with Gasteiger partial charge in [0.1, 0.15) is 5.75 Å². The van der Waals surface area contributed by atoms with Gasteiger partial charge in [0.2, 0.25) is 0 Å². The second kappa shape index (κ2) is 8.72. The third-order valence-corrected chi connectivity index (χ3v) is 7.15. The molecule has 2 aromatic rings. The maximum Gasteiger partial charge on any atom is 0.261 e. The van der Waals surface area contributed by atoms with E-state index in [-0.39, 0.29) is 30.1 Å². The number of halogens is 2. The largest absolute Gasteiger partial charge is 0.484 e. The molecule has 0 saturated carbocycles. The molecule has 150 valence electrons. The number of ether oxygens (including phenoxy) is 1. The van der Waals surface area contributed by atoms with Crippen molar-refractivity contribution < 1.29 is 17.9 Å². The monoisotopic (exact) mass is 441 g/mol. The summed E-state index contributed by atoms with van der Waals surface area (Å²) >= 11 is 11.9. The Morgan fingerprint density at radius 3 is 2.50 bits per heavy atom. The molecule has 1 aliphatic heterocycles. The summed E-state index contributed by atoms with van der Waals surface area (Å²) in [5, 5.41) is 1.23. The molecule has 0 bridgehead atoms. The van der Waals surface area contributed by atoms with Gasteiger partial charge in [-0.15, -0.1) is 0 Å². The highest BCUT2D eigenvalue weighted by molar-refractivity contribution is 7.91. The molecule has 0 aromatic heterocycles. The van der Waals surface area contributed by atoms with E-state index in [1.165, 1.54) is 0 Å². The Kier molecular flexibility index (Phi) is 6.53. The summed E-state index contributed by atoms with van der Waals surface area (Å²) < 4.78 is 29.5. The zero-order valence-electron chi connectivity index (χ0n) is 15.4. The maximum atomic E-state index is 12.9. The minimum Gasteiger partial charge on any atom is -0.484 e. The lowest BCUT2D eigenvalue weighted by molar-refractivity contribution is -0.136. The molecule has 1 fully saturated rings. The van der Waals surface area contributed by atoms with Crippen LogP contribution in [-0.2, 0) is 21.2 Å². The minimum absolute atomic E-state index is 0.0214. The average molecular weight is 442 g/mol. The Labute approximate surface area is 175 Å². The molecule has 1 amide bonds. The van der Waals surface area contributed by atoms with E-state index in [2.05, 4.69) is 0 Å². The normalized spacial score (nSPS) is 18.0. The van der Waals surface area contributed by atoms with Gasteiger partial charge in [-0.1, -0.05) is 35.3 Å². The van der Waals surface area contributed by atoms with Crippen LogP contribution < -0.4 is 4.74 Å². The molecule has 8 heteroatoms. The molecule has 1 aliphatic rings. The second-order valence-corrected chi connectivity index (χ2v) is 9.98. The zero-order valence-corrected chi connectivity index (χ0v) is 17.7. The molecule has 5 nitrogen and oxygen atoms in total. The fraction of sp³-hybridized carbons (Fsp3) is 0.350. The molecule has 1 heterocycles. The van der Waals surface area contributed by atoms with Crippen molar-refractivity contribution >= 4 is 38.9 Å². The van der Waals surface area contributed by atoms with Crippen LogP contribution in [0.3, 0.4) is 0 Å². The quantitative estimate of drug-likeness (QED) is 0.681. The van der Waals surface area contributed by atoms with Gasteiger partial charge in [-0.05, 0) is 54.8 Å². The second-order valence-electron chi connectivity index (χ2n) is 6.90. The molecular weight excluding hydrogens is 421 g/mol. The molecule has 0 aliphatic carbocycles. The van der Waals surface area contributed by atoms with E-state index in [9.17, 15) is 13.2 Å². The molecule has 0 spiro atoms. The molecular formula is C20H21Cl2NO4S. The van der Waals surface area contributed by atoms with Crippen molar-refractivity contribution in [2.45, 2.75) is 25.9 Å². The average Bonchev–Trinajstić information content (AvgIpc) is 3.01. The van der Waals surface area contributed by atoms with Crippen LogP contribution in [0.1, 0.15) is 17.5 Å². The smallest absolute Gasteiger partial charge is 0.261 e. The highest BCUT2D eigenvalue weighted by Gasteiger charge is 2.34. The molecule has 28 heavy (non-hydrogen) atoms. The fourth-order valence-electron chi connectivity index (χ4n) is 3.16. The van der Waals surface area contributed by atoms with Gasteiger partial charge in [0.15, 0.2) is 16.4 Å². The van der Waals surface area contributed by atoms with Crippen LogP contribution in [0.5, 0.6) is 5.75 Å². The van der Waals surface area contributed by atoms with E-state index < -0.39 is 9.84 Å². The lowest BCUT2D eigenvalue weighted by atomic mass is 10.1. The summed E-state index contributed by atoms with van der Waals surface area (Å²) in [5.41, 5.74) is 1.73. The van der Waals surface area contributed by atoms with Crippen LogP contribution >= 0.6 is 23.2 Å². The van der Waals surface area contributed by atoms with E-state index in [1.54, 1.807) is 35.2 Å². The molecule has 0 N–H and O–H groups in total. The van der Waals surface area contributed by atoms with Crippen molar-refractivity contribution in [2.75, 3.05) is 18.1 Å². The van der Waals surface area contributed by atoms with Crippen LogP contribution in [0, 0.1) is 6.92 Å². The van der Waals surface area contributed by atoms with Gasteiger partial charge in [-0.3, -0.25) is 4.79 Å². The Morgan fingerprint density at radius 2 is 1.89 bits per heavy atom. The standard InChI is InChI=1S/C20H21Cl2NO4S/c1-14-10-18(6-7-19(14)22)27-12-20(24)23(17-8-9-28(25,26)13-17)11-15-2-4-16(21)5-3-15/h2-7,10,17H,8-9,11-13H2,1H3/t17-/m0/s1. The van der Waals surface area contributed by atoms with Crippen LogP contribution in [0.25, 0.3) is 0 Å². The van der Waals surface area contributed by atoms with Gasteiger partial charge in [0.25, 0.3) is 5.91 Å². The van der Waals surface area contributed by atoms with Gasteiger partial charge in [0, 0.05) is 22.6 Å². The number of rotatable bonds is 6. The summed E-state index contributed by atoms with van der Waals surface area (Å²) in [6, 6.07) is 12.0. The third kappa shape index (κ3) is 5.40. The molecule has 2 aromatic carbocycles. The van der Waals surface area contributed by atoms with E-state index in [4.69, 9.17) is 27.9 Å². The maximum absolute atomic E-state index is 12.9. The number of aryl methyl sites for hydroxylation is 1. The number of nitrogens with zero attached hydrogens (tertiary/aromatic N) is 1. The predicted octanol–water partition coefficient (Wildman–Crippen LogP) is 3.90. The summed E-state index contributed by atoms with van der Waals surface area (Å²) in [6.45, 7) is 1.98. The molecule has 0 unspecified atom stereocenters. The van der Waals surface area contributed by atoms with Crippen LogP contribution in [0.15, 0.2) is 42.5 Å². The Hall–Kier alpha value is -1.76. The van der Waals surface area contributed by atoms with Gasteiger partial charge in [-0.25, -0.2) is 8.42 Å². The molecule has 1 atom stereocenters. The van der Waals surface area contributed by atoms with Gasteiger partial charge in [-0.2, -0.15) is 0 Å². The molecule has 1 saturated heterocycles. The fourth-order valence-corrected chi connectivity index (χ4v) is 5.14. The first kappa shape index (κ1) is 21.0. The van der Waals surface area contributed by atoms with Crippen molar-refractivity contribution in [3.8, 4) is 5.75 Å². The number of benzene rings is 2. The Balaban J connectivity index is 1.73. The number of amides is 1. The first-order valence-corrected chi connectivity index (χ1v) is 11.4. The predicted molar refractivity (Wildman–Crippen MR) is 111 cm³/mol. The minimum atomic E-state index is -3.12. The number of carbonyl (C=O) groups excluding carboxylic acids is 1. The molecule has 0 radical (unpaired) electrons. The van der Waals surface area contributed by atoms with E-state index in [0.717, 1.165) is 11.1 Å². The topological polar surface area (TPSA) is 63.7 Å². The summed E-state index contributed by atoms with van der Waals surface area (Å²) in [6.07, 6.45) is 0.432. The van der Waals surface area contributed by atoms with Crippen LogP contribution in [0.4, 0.5) is 0 Å². The van der Waals surface area contributed by atoms with Gasteiger partial charge >= 0.3 is 0 Å².